The third-order valence-corrected chi connectivity index (χ3v) is 8.24. The second kappa shape index (κ2) is 12.7. The Kier molecular flexibility index (Phi) is 8.10. The van der Waals surface area contributed by atoms with Crippen molar-refractivity contribution >= 4 is 70.2 Å². The third-order valence-electron chi connectivity index (χ3n) is 7.66. The molecule has 0 aromatic heterocycles. The van der Waals surface area contributed by atoms with Crippen LogP contribution in [0.25, 0.3) is 12.2 Å². The lowest BCUT2D eigenvalue weighted by molar-refractivity contribution is -0.114. The van der Waals surface area contributed by atoms with Gasteiger partial charge in [-0.15, -0.1) is 0 Å². The van der Waals surface area contributed by atoms with E-state index < -0.39 is 11.8 Å². The molecule has 2 heterocycles. The van der Waals surface area contributed by atoms with Gasteiger partial charge < -0.3 is 10.2 Å². The van der Waals surface area contributed by atoms with Crippen molar-refractivity contribution in [1.29, 1.82) is 0 Å². The standard InChI is InChI=1S/C38H24Cl2N4O4/c39-30-21-27(43-35(25-7-3-1-4-8-25)41-32(37(43)47)19-23-11-15-28(45)16-12-23)22-31(40)34(30)44-36(26-9-5-2-6-10-26)42-33(38(44)48)20-24-13-17-29(46)18-14-24/h1-22,45-46H/b32-19-,33-20-. The molecule has 0 atom stereocenters. The first-order chi connectivity index (χ1) is 23.3. The van der Waals surface area contributed by atoms with Crippen LogP contribution in [0.4, 0.5) is 11.4 Å². The first-order valence-electron chi connectivity index (χ1n) is 14.7. The molecule has 5 aromatic carbocycles. The number of carbonyl (C=O) groups excluding carboxylic acids is 2. The first-order valence-corrected chi connectivity index (χ1v) is 15.5. The van der Waals surface area contributed by atoms with Crippen LogP contribution in [0, 0.1) is 0 Å². The molecule has 2 aliphatic heterocycles. The highest BCUT2D eigenvalue weighted by molar-refractivity contribution is 6.45. The molecule has 0 unspecified atom stereocenters. The van der Waals surface area contributed by atoms with Crippen LogP contribution in [0.3, 0.4) is 0 Å². The molecule has 10 heteroatoms. The molecule has 0 bridgehead atoms. The molecule has 0 fully saturated rings. The van der Waals surface area contributed by atoms with Gasteiger partial charge in [-0.2, -0.15) is 0 Å². The highest BCUT2D eigenvalue weighted by Gasteiger charge is 2.37. The maximum Gasteiger partial charge on any atom is 0.282 e. The number of amides is 2. The highest BCUT2D eigenvalue weighted by atomic mass is 35.5. The highest BCUT2D eigenvalue weighted by Crippen LogP contribution is 2.42. The molecule has 0 saturated heterocycles. The minimum absolute atomic E-state index is 0.101. The fourth-order valence-corrected chi connectivity index (χ4v) is 6.04. The number of anilines is 2. The van der Waals surface area contributed by atoms with Gasteiger partial charge in [-0.25, -0.2) is 9.98 Å². The van der Waals surface area contributed by atoms with Crippen molar-refractivity contribution in [3.8, 4) is 11.5 Å². The number of phenols is 2. The van der Waals surface area contributed by atoms with Crippen LogP contribution >= 0.6 is 23.2 Å². The number of hydrogen-bond donors (Lipinski definition) is 2. The number of benzene rings is 5. The molecule has 0 saturated carbocycles. The predicted molar refractivity (Wildman–Crippen MR) is 190 cm³/mol. The molecule has 0 spiro atoms. The Balaban J connectivity index is 1.31. The van der Waals surface area contributed by atoms with E-state index in [0.717, 1.165) is 0 Å². The molecule has 2 amide bonds. The largest absolute Gasteiger partial charge is 0.508 e. The Labute approximate surface area is 285 Å². The van der Waals surface area contributed by atoms with Crippen molar-refractivity contribution in [1.82, 2.24) is 0 Å². The molecule has 8 nitrogen and oxygen atoms in total. The molecular weight excluding hydrogens is 647 g/mol. The maximum atomic E-state index is 14.0. The summed E-state index contributed by atoms with van der Waals surface area (Å²) in [5, 5.41) is 19.6. The fraction of sp³-hybridized carbons (Fsp3) is 0. The average Bonchev–Trinajstić information content (AvgIpc) is 3.59. The average molecular weight is 672 g/mol. The summed E-state index contributed by atoms with van der Waals surface area (Å²) in [5.74, 6) is 0.0300. The van der Waals surface area contributed by atoms with Crippen molar-refractivity contribution in [3.05, 3.63) is 165 Å². The van der Waals surface area contributed by atoms with E-state index in [1.54, 1.807) is 48.6 Å². The summed E-state index contributed by atoms with van der Waals surface area (Å²) in [5.41, 5.74) is 3.56. The summed E-state index contributed by atoms with van der Waals surface area (Å²) >= 11 is 13.9. The molecule has 0 radical (unpaired) electrons. The number of rotatable bonds is 6. The van der Waals surface area contributed by atoms with Crippen LogP contribution in [0.2, 0.25) is 10.0 Å². The van der Waals surface area contributed by atoms with Gasteiger partial charge in [-0.1, -0.05) is 108 Å². The van der Waals surface area contributed by atoms with Crippen molar-refractivity contribution in [2.24, 2.45) is 9.98 Å². The summed E-state index contributed by atoms with van der Waals surface area (Å²) in [6, 6.07) is 34.4. The van der Waals surface area contributed by atoms with E-state index in [2.05, 4.69) is 4.99 Å². The first kappa shape index (κ1) is 30.7. The second-order valence-electron chi connectivity index (χ2n) is 10.9. The van der Waals surface area contributed by atoms with Crippen molar-refractivity contribution < 1.29 is 19.8 Å². The Hall–Kier alpha value is -5.96. The van der Waals surface area contributed by atoms with Crippen molar-refractivity contribution in [2.45, 2.75) is 0 Å². The molecule has 0 aliphatic carbocycles. The van der Waals surface area contributed by atoms with E-state index in [1.165, 1.54) is 34.1 Å². The van der Waals surface area contributed by atoms with Crippen molar-refractivity contribution in [2.75, 3.05) is 9.80 Å². The number of aliphatic imine (C=N–C) groups is 2. The van der Waals surface area contributed by atoms with Gasteiger partial charge in [0.05, 0.1) is 21.4 Å². The maximum absolute atomic E-state index is 14.0. The zero-order chi connectivity index (χ0) is 33.4. The molecule has 2 aliphatic rings. The van der Waals surface area contributed by atoms with Crippen LogP contribution < -0.4 is 9.80 Å². The van der Waals surface area contributed by atoms with E-state index in [9.17, 15) is 19.8 Å². The summed E-state index contributed by atoms with van der Waals surface area (Å²) in [6.45, 7) is 0. The van der Waals surface area contributed by atoms with E-state index in [-0.39, 0.29) is 38.6 Å². The van der Waals surface area contributed by atoms with Gasteiger partial charge >= 0.3 is 0 Å². The van der Waals surface area contributed by atoms with Crippen LogP contribution in [0.5, 0.6) is 11.5 Å². The number of carbonyl (C=O) groups is 2. The molecule has 5 aromatic rings. The summed E-state index contributed by atoms with van der Waals surface area (Å²) in [7, 11) is 0. The van der Waals surface area contributed by atoms with E-state index in [0.29, 0.717) is 39.6 Å². The number of halogens is 2. The van der Waals surface area contributed by atoms with Gasteiger partial charge in [0.2, 0.25) is 0 Å². The van der Waals surface area contributed by atoms with E-state index in [1.807, 2.05) is 60.7 Å². The zero-order valence-corrected chi connectivity index (χ0v) is 26.5. The topological polar surface area (TPSA) is 106 Å². The fourth-order valence-electron chi connectivity index (χ4n) is 5.39. The number of amidine groups is 2. The molecule has 48 heavy (non-hydrogen) atoms. The number of hydrogen-bond acceptors (Lipinski definition) is 6. The molecular formula is C38H24Cl2N4O4. The second-order valence-corrected chi connectivity index (χ2v) is 11.7. The SMILES string of the molecule is O=C1/C(=C/c2ccc(O)cc2)N=C(c2ccccc2)N1c1cc(Cl)c(N2C(=O)/C(=C/c3ccc(O)cc3)N=C2c2ccccc2)c(Cl)c1. The summed E-state index contributed by atoms with van der Waals surface area (Å²) in [6.07, 6.45) is 3.25. The monoisotopic (exact) mass is 670 g/mol. The van der Waals surface area contributed by atoms with Gasteiger partial charge in [0.1, 0.15) is 34.6 Å². The zero-order valence-electron chi connectivity index (χ0n) is 25.0. The lowest BCUT2D eigenvalue weighted by Gasteiger charge is -2.24. The smallest absolute Gasteiger partial charge is 0.282 e. The molecule has 7 rings (SSSR count). The van der Waals surface area contributed by atoms with Crippen LogP contribution in [-0.4, -0.2) is 33.7 Å². The Morgan fingerprint density at radius 2 is 0.938 bits per heavy atom. The Morgan fingerprint density at radius 3 is 1.38 bits per heavy atom. The number of phenolic OH excluding ortho intramolecular Hbond substituents is 2. The van der Waals surface area contributed by atoms with Gasteiger partial charge in [0.15, 0.2) is 0 Å². The summed E-state index contributed by atoms with van der Waals surface area (Å²) < 4.78 is 0. The minimum atomic E-state index is -0.457. The predicted octanol–water partition coefficient (Wildman–Crippen LogP) is 8.07. The van der Waals surface area contributed by atoms with Crippen molar-refractivity contribution in [3.63, 3.8) is 0 Å². The van der Waals surface area contributed by atoms with Crippen LogP contribution in [0.1, 0.15) is 22.3 Å². The normalized spacial score (nSPS) is 16.2. The van der Waals surface area contributed by atoms with E-state index in [4.69, 9.17) is 28.2 Å². The Morgan fingerprint density at radius 1 is 0.542 bits per heavy atom. The van der Waals surface area contributed by atoms with E-state index >= 15 is 0 Å². The molecule has 234 valence electrons. The lowest BCUT2D eigenvalue weighted by atomic mass is 10.1. The van der Waals surface area contributed by atoms with Gasteiger partial charge in [-0.3, -0.25) is 19.4 Å². The minimum Gasteiger partial charge on any atom is -0.508 e. The summed E-state index contributed by atoms with van der Waals surface area (Å²) in [4.78, 5) is 40.1. The Bertz CT molecular complexity index is 2170. The number of nitrogens with zero attached hydrogens (tertiary/aromatic N) is 4. The lowest BCUT2D eigenvalue weighted by Crippen LogP contribution is -2.34. The van der Waals surface area contributed by atoms with Crippen LogP contribution in [0.15, 0.2) is 143 Å². The molecule has 2 N–H and O–H groups in total. The third kappa shape index (κ3) is 5.86. The quantitative estimate of drug-likeness (QED) is 0.178. The van der Waals surface area contributed by atoms with Gasteiger partial charge in [0, 0.05) is 11.1 Å². The van der Waals surface area contributed by atoms with Crippen LogP contribution in [-0.2, 0) is 9.59 Å². The van der Waals surface area contributed by atoms with Gasteiger partial charge in [0.25, 0.3) is 11.8 Å². The van der Waals surface area contributed by atoms with Gasteiger partial charge in [-0.05, 0) is 59.7 Å². The number of aromatic hydroxyl groups is 2.